The van der Waals surface area contributed by atoms with Crippen molar-refractivity contribution in [2.75, 3.05) is 12.4 Å². The normalized spacial score (nSPS) is 10.7. The van der Waals surface area contributed by atoms with E-state index in [1.54, 1.807) is 0 Å². The van der Waals surface area contributed by atoms with Crippen LogP contribution in [0.25, 0.3) is 5.65 Å². The first-order valence-electron chi connectivity index (χ1n) is 4.86. The molecule has 2 heterocycles. The minimum absolute atomic E-state index is 0.868. The first-order valence-corrected chi connectivity index (χ1v) is 4.86. The van der Waals surface area contributed by atoms with Gasteiger partial charge in [-0.3, -0.25) is 0 Å². The molecule has 2 rings (SSSR count). The molecule has 0 radical (unpaired) electrons. The average Bonchev–Trinajstić information content (AvgIpc) is 2.61. The fraction of sp³-hybridized carbons (Fsp3) is 0.400. The lowest BCUT2D eigenvalue weighted by Crippen LogP contribution is -2.01. The van der Waals surface area contributed by atoms with Gasteiger partial charge >= 0.3 is 0 Å². The van der Waals surface area contributed by atoms with Crippen LogP contribution in [-0.2, 0) is 6.42 Å². The number of rotatable bonds is 3. The molecule has 74 valence electrons. The molecule has 0 atom stereocenters. The summed E-state index contributed by atoms with van der Waals surface area (Å²) in [6, 6.07) is 3.90. The van der Waals surface area contributed by atoms with Crippen molar-refractivity contribution in [2.45, 2.75) is 19.8 Å². The van der Waals surface area contributed by atoms with Crippen molar-refractivity contribution in [1.29, 1.82) is 0 Å². The van der Waals surface area contributed by atoms with Crippen LogP contribution in [0.5, 0.6) is 0 Å². The number of hydrogen-bond donors (Lipinski definition) is 1. The van der Waals surface area contributed by atoms with Gasteiger partial charge in [0.15, 0.2) is 5.65 Å². The summed E-state index contributed by atoms with van der Waals surface area (Å²) >= 11 is 0. The topological polar surface area (TPSA) is 42.2 Å². The zero-order chi connectivity index (χ0) is 9.97. The van der Waals surface area contributed by atoms with Crippen LogP contribution in [0.1, 0.15) is 19.0 Å². The number of anilines is 1. The first-order chi connectivity index (χ1) is 6.85. The predicted octanol–water partition coefficient (Wildman–Crippen LogP) is 1.72. The van der Waals surface area contributed by atoms with Gasteiger partial charge in [-0.25, -0.2) is 9.50 Å². The smallest absolute Gasteiger partial charge is 0.153 e. The van der Waals surface area contributed by atoms with E-state index in [-0.39, 0.29) is 0 Å². The monoisotopic (exact) mass is 190 g/mol. The molecule has 0 aliphatic rings. The van der Waals surface area contributed by atoms with Crippen LogP contribution in [0, 0.1) is 0 Å². The third kappa shape index (κ3) is 1.43. The molecule has 2 aromatic heterocycles. The van der Waals surface area contributed by atoms with E-state index in [0.717, 1.165) is 24.3 Å². The summed E-state index contributed by atoms with van der Waals surface area (Å²) in [7, 11) is 1.87. The molecule has 4 heteroatoms. The maximum Gasteiger partial charge on any atom is 0.153 e. The fourth-order valence-electron chi connectivity index (χ4n) is 1.48. The molecule has 0 bridgehead atoms. The second-order valence-electron chi connectivity index (χ2n) is 3.24. The highest BCUT2D eigenvalue weighted by Crippen LogP contribution is 2.09. The third-order valence-corrected chi connectivity index (χ3v) is 2.20. The maximum absolute atomic E-state index is 4.42. The van der Waals surface area contributed by atoms with E-state index in [1.807, 2.05) is 29.9 Å². The molecule has 0 amide bonds. The molecular weight excluding hydrogens is 176 g/mol. The molecule has 1 N–H and O–H groups in total. The van der Waals surface area contributed by atoms with Crippen molar-refractivity contribution >= 4 is 11.5 Å². The van der Waals surface area contributed by atoms with Gasteiger partial charge in [-0.15, -0.1) is 5.10 Å². The molecule has 0 spiro atoms. The minimum atomic E-state index is 0.868. The highest BCUT2D eigenvalue weighted by atomic mass is 15.3. The van der Waals surface area contributed by atoms with Gasteiger partial charge in [-0.2, -0.15) is 0 Å². The summed E-state index contributed by atoms with van der Waals surface area (Å²) in [5.74, 6) is 0.868. The molecule has 2 aromatic rings. The van der Waals surface area contributed by atoms with Gasteiger partial charge in [-0.1, -0.05) is 13.3 Å². The third-order valence-electron chi connectivity index (χ3n) is 2.20. The summed E-state index contributed by atoms with van der Waals surface area (Å²) in [6.07, 6.45) is 4.02. The Morgan fingerprint density at radius 2 is 2.29 bits per heavy atom. The summed E-state index contributed by atoms with van der Waals surface area (Å²) in [5, 5.41) is 7.43. The SMILES string of the molecule is CCCc1cnc2ccc(NC)nn12. The molecule has 0 saturated heterocycles. The summed E-state index contributed by atoms with van der Waals surface area (Å²) in [6.45, 7) is 2.15. The lowest BCUT2D eigenvalue weighted by molar-refractivity contribution is 0.808. The Kier molecular flexibility index (Phi) is 2.35. The zero-order valence-electron chi connectivity index (χ0n) is 8.49. The van der Waals surface area contributed by atoms with E-state index in [1.165, 1.54) is 5.69 Å². The zero-order valence-corrected chi connectivity index (χ0v) is 8.49. The van der Waals surface area contributed by atoms with Crippen LogP contribution in [0.2, 0.25) is 0 Å². The van der Waals surface area contributed by atoms with Crippen molar-refractivity contribution in [3.63, 3.8) is 0 Å². The van der Waals surface area contributed by atoms with Gasteiger partial charge in [0.1, 0.15) is 5.82 Å². The number of imidazole rings is 1. The highest BCUT2D eigenvalue weighted by Gasteiger charge is 2.03. The van der Waals surface area contributed by atoms with Crippen molar-refractivity contribution in [3.8, 4) is 0 Å². The predicted molar refractivity (Wildman–Crippen MR) is 56.5 cm³/mol. The van der Waals surface area contributed by atoms with Gasteiger partial charge < -0.3 is 5.32 Å². The molecule has 14 heavy (non-hydrogen) atoms. The van der Waals surface area contributed by atoms with Gasteiger partial charge in [0.25, 0.3) is 0 Å². The van der Waals surface area contributed by atoms with Gasteiger partial charge in [0, 0.05) is 7.05 Å². The van der Waals surface area contributed by atoms with Crippen molar-refractivity contribution in [2.24, 2.45) is 0 Å². The van der Waals surface area contributed by atoms with E-state index < -0.39 is 0 Å². The Balaban J connectivity index is 2.52. The second-order valence-corrected chi connectivity index (χ2v) is 3.24. The quantitative estimate of drug-likeness (QED) is 0.801. The summed E-state index contributed by atoms with van der Waals surface area (Å²) in [4.78, 5) is 4.29. The molecule has 4 nitrogen and oxygen atoms in total. The molecule has 0 unspecified atom stereocenters. The highest BCUT2D eigenvalue weighted by molar-refractivity contribution is 5.45. The largest absolute Gasteiger partial charge is 0.372 e. The molecular formula is C10H14N4. The van der Waals surface area contributed by atoms with E-state index >= 15 is 0 Å². The molecule has 0 fully saturated rings. The van der Waals surface area contributed by atoms with Gasteiger partial charge in [-0.05, 0) is 18.6 Å². The average molecular weight is 190 g/mol. The van der Waals surface area contributed by atoms with Gasteiger partial charge in [0.05, 0.1) is 11.9 Å². The van der Waals surface area contributed by atoms with E-state index in [2.05, 4.69) is 22.3 Å². The second kappa shape index (κ2) is 3.65. The summed E-state index contributed by atoms with van der Waals surface area (Å²) in [5.41, 5.74) is 2.08. The molecule has 0 aliphatic heterocycles. The number of fused-ring (bicyclic) bond motifs is 1. The van der Waals surface area contributed by atoms with E-state index in [9.17, 15) is 0 Å². The Labute approximate surface area is 83.0 Å². The van der Waals surface area contributed by atoms with Crippen LogP contribution in [0.3, 0.4) is 0 Å². The number of nitrogens with one attached hydrogen (secondary N) is 1. The molecule has 0 aliphatic carbocycles. The Morgan fingerprint density at radius 1 is 1.43 bits per heavy atom. The van der Waals surface area contributed by atoms with Crippen LogP contribution < -0.4 is 5.32 Å². The van der Waals surface area contributed by atoms with Crippen molar-refractivity contribution in [3.05, 3.63) is 24.0 Å². The molecule has 0 saturated carbocycles. The lowest BCUT2D eigenvalue weighted by Gasteiger charge is -2.01. The standard InChI is InChI=1S/C10H14N4/c1-3-4-8-7-12-10-6-5-9(11-2)13-14(8)10/h5-7H,3-4H2,1-2H3,(H,11,13). The van der Waals surface area contributed by atoms with Crippen molar-refractivity contribution in [1.82, 2.24) is 14.6 Å². The number of aryl methyl sites for hydroxylation is 1. The number of hydrogen-bond acceptors (Lipinski definition) is 3. The fourth-order valence-corrected chi connectivity index (χ4v) is 1.48. The van der Waals surface area contributed by atoms with E-state index in [4.69, 9.17) is 0 Å². The van der Waals surface area contributed by atoms with Crippen LogP contribution in [0.15, 0.2) is 18.3 Å². The maximum atomic E-state index is 4.42. The minimum Gasteiger partial charge on any atom is -0.372 e. The summed E-state index contributed by atoms with van der Waals surface area (Å²) < 4.78 is 1.90. The first kappa shape index (κ1) is 8.99. The Hall–Kier alpha value is -1.58. The van der Waals surface area contributed by atoms with E-state index in [0.29, 0.717) is 0 Å². The van der Waals surface area contributed by atoms with Crippen LogP contribution >= 0.6 is 0 Å². The number of nitrogens with zero attached hydrogens (tertiary/aromatic N) is 3. The van der Waals surface area contributed by atoms with Gasteiger partial charge in [0.2, 0.25) is 0 Å². The Bertz CT molecular complexity index is 433. The van der Waals surface area contributed by atoms with Crippen LogP contribution in [-0.4, -0.2) is 21.6 Å². The Morgan fingerprint density at radius 3 is 3.00 bits per heavy atom. The van der Waals surface area contributed by atoms with Crippen LogP contribution in [0.4, 0.5) is 5.82 Å². The molecule has 0 aromatic carbocycles. The van der Waals surface area contributed by atoms with Crippen molar-refractivity contribution < 1.29 is 0 Å². The lowest BCUT2D eigenvalue weighted by atomic mass is 10.3. The number of aromatic nitrogens is 3.